The van der Waals surface area contributed by atoms with E-state index in [1.54, 1.807) is 0 Å². The number of carboxylic acid groups (broad SMARTS) is 1. The van der Waals surface area contributed by atoms with Gasteiger partial charge in [-0.05, 0) is 18.1 Å². The third-order valence-electron chi connectivity index (χ3n) is 3.34. The van der Waals surface area contributed by atoms with Crippen molar-refractivity contribution < 1.29 is 22.7 Å². The summed E-state index contributed by atoms with van der Waals surface area (Å²) < 4.78 is 31.0. The maximum atomic E-state index is 12.4. The molecule has 0 aromatic carbocycles. The predicted molar refractivity (Wildman–Crippen MR) is 75.7 cm³/mol. The van der Waals surface area contributed by atoms with Gasteiger partial charge in [0.25, 0.3) is 10.0 Å². The van der Waals surface area contributed by atoms with E-state index in [4.69, 9.17) is 9.52 Å². The van der Waals surface area contributed by atoms with Gasteiger partial charge >= 0.3 is 5.97 Å². The molecule has 2 rings (SSSR count). The summed E-state index contributed by atoms with van der Waals surface area (Å²) in [6, 6.07) is 2.35. The average Bonchev–Trinajstić information content (AvgIpc) is 2.89. The minimum absolute atomic E-state index is 0.308. The predicted octanol–water partition coefficient (Wildman–Crippen LogP) is 0.940. The number of hydrogen-bond donors (Lipinski definition) is 1. The summed E-state index contributed by atoms with van der Waals surface area (Å²) in [5.74, 6) is -1.11. The van der Waals surface area contributed by atoms with Crippen molar-refractivity contribution in [1.29, 1.82) is 0 Å². The van der Waals surface area contributed by atoms with Crippen LogP contribution in [0.25, 0.3) is 0 Å². The third-order valence-corrected chi connectivity index (χ3v) is 5.11. The van der Waals surface area contributed by atoms with Crippen molar-refractivity contribution >= 4 is 16.0 Å². The fourth-order valence-electron chi connectivity index (χ4n) is 2.37. The minimum Gasteiger partial charge on any atom is -0.475 e. The monoisotopic (exact) mass is 316 g/mol. The van der Waals surface area contributed by atoms with Crippen LogP contribution in [0.3, 0.4) is 0 Å². The molecule has 1 fully saturated rings. The van der Waals surface area contributed by atoms with Crippen LogP contribution in [0.4, 0.5) is 0 Å². The topological polar surface area (TPSA) is 91.1 Å². The zero-order chi connectivity index (χ0) is 15.6. The van der Waals surface area contributed by atoms with Gasteiger partial charge in [0.05, 0.1) is 0 Å². The van der Waals surface area contributed by atoms with Crippen LogP contribution in [0.1, 0.15) is 24.4 Å². The van der Waals surface area contributed by atoms with Crippen molar-refractivity contribution in [2.45, 2.75) is 18.9 Å². The standard InChI is InChI=1S/C13H20N2O5S/c1-10(2)9-14-5-7-15(8-6-14)21(18,19)12-4-3-11(20-12)13(16)17/h3-4,10H,5-9H2,1-2H3,(H,16,17). The van der Waals surface area contributed by atoms with E-state index in [0.29, 0.717) is 32.1 Å². The Morgan fingerprint density at radius 1 is 1.29 bits per heavy atom. The van der Waals surface area contributed by atoms with Gasteiger partial charge in [0, 0.05) is 32.7 Å². The van der Waals surface area contributed by atoms with E-state index in [1.807, 2.05) is 0 Å². The van der Waals surface area contributed by atoms with E-state index >= 15 is 0 Å². The zero-order valence-electron chi connectivity index (χ0n) is 12.2. The van der Waals surface area contributed by atoms with E-state index in [2.05, 4.69) is 18.7 Å². The molecule has 1 N–H and O–H groups in total. The van der Waals surface area contributed by atoms with Crippen LogP contribution in [-0.4, -0.2) is 61.4 Å². The Hall–Kier alpha value is -1.38. The molecule has 1 saturated heterocycles. The van der Waals surface area contributed by atoms with Crippen molar-refractivity contribution in [3.63, 3.8) is 0 Å². The lowest BCUT2D eigenvalue weighted by Crippen LogP contribution is -2.49. The number of nitrogens with zero attached hydrogens (tertiary/aromatic N) is 2. The smallest absolute Gasteiger partial charge is 0.371 e. The molecule has 0 radical (unpaired) electrons. The molecule has 1 aliphatic heterocycles. The molecule has 118 valence electrons. The first-order valence-electron chi connectivity index (χ1n) is 6.86. The van der Waals surface area contributed by atoms with E-state index < -0.39 is 16.0 Å². The largest absolute Gasteiger partial charge is 0.475 e. The van der Waals surface area contributed by atoms with Gasteiger partial charge < -0.3 is 14.4 Å². The molecule has 1 aliphatic rings. The van der Waals surface area contributed by atoms with Crippen molar-refractivity contribution in [2.24, 2.45) is 5.92 Å². The Balaban J connectivity index is 2.05. The Labute approximate surface area is 124 Å². The number of piperazine rings is 1. The Morgan fingerprint density at radius 2 is 1.90 bits per heavy atom. The maximum Gasteiger partial charge on any atom is 0.371 e. The number of carboxylic acids is 1. The van der Waals surface area contributed by atoms with Crippen molar-refractivity contribution in [1.82, 2.24) is 9.21 Å². The highest BCUT2D eigenvalue weighted by atomic mass is 32.2. The first kappa shape index (κ1) is 16.0. The average molecular weight is 316 g/mol. The Morgan fingerprint density at radius 3 is 2.38 bits per heavy atom. The fourth-order valence-corrected chi connectivity index (χ4v) is 3.70. The van der Waals surface area contributed by atoms with Gasteiger partial charge in [-0.3, -0.25) is 0 Å². The molecule has 1 aromatic heterocycles. The molecule has 7 nitrogen and oxygen atoms in total. The number of rotatable bonds is 5. The molecule has 2 heterocycles. The molecule has 0 aliphatic carbocycles. The van der Waals surface area contributed by atoms with Gasteiger partial charge in [-0.15, -0.1) is 0 Å². The second-order valence-corrected chi connectivity index (χ2v) is 7.39. The summed E-state index contributed by atoms with van der Waals surface area (Å²) in [7, 11) is -3.75. The summed E-state index contributed by atoms with van der Waals surface area (Å²) in [6.07, 6.45) is 0. The number of sulfonamides is 1. The van der Waals surface area contributed by atoms with Gasteiger partial charge in [-0.2, -0.15) is 4.31 Å². The Kier molecular flexibility index (Phi) is 4.70. The van der Waals surface area contributed by atoms with E-state index in [0.717, 1.165) is 12.6 Å². The summed E-state index contributed by atoms with van der Waals surface area (Å²) in [5.41, 5.74) is 0. The molecule has 0 amide bonds. The molecular formula is C13H20N2O5S. The molecule has 0 atom stereocenters. The van der Waals surface area contributed by atoms with Crippen LogP contribution in [0, 0.1) is 5.92 Å². The number of aromatic carboxylic acids is 1. The van der Waals surface area contributed by atoms with Gasteiger partial charge in [0.2, 0.25) is 10.9 Å². The first-order chi connectivity index (χ1) is 9.80. The van der Waals surface area contributed by atoms with Crippen LogP contribution >= 0.6 is 0 Å². The van der Waals surface area contributed by atoms with Crippen LogP contribution in [-0.2, 0) is 10.0 Å². The van der Waals surface area contributed by atoms with Crippen molar-refractivity contribution in [3.05, 3.63) is 17.9 Å². The maximum absolute atomic E-state index is 12.4. The van der Waals surface area contributed by atoms with E-state index in [1.165, 1.54) is 10.4 Å². The van der Waals surface area contributed by atoms with Gasteiger partial charge in [-0.1, -0.05) is 13.8 Å². The summed E-state index contributed by atoms with van der Waals surface area (Å²) in [4.78, 5) is 13.0. The molecule has 0 unspecified atom stereocenters. The van der Waals surface area contributed by atoms with Crippen LogP contribution in [0.5, 0.6) is 0 Å². The normalized spacial score (nSPS) is 18.2. The number of furan rings is 1. The zero-order valence-corrected chi connectivity index (χ0v) is 13.0. The van der Waals surface area contributed by atoms with Crippen LogP contribution in [0.2, 0.25) is 0 Å². The number of hydrogen-bond acceptors (Lipinski definition) is 5. The second-order valence-electron chi connectivity index (χ2n) is 5.52. The summed E-state index contributed by atoms with van der Waals surface area (Å²) in [5, 5.41) is 8.48. The van der Waals surface area contributed by atoms with E-state index in [9.17, 15) is 13.2 Å². The molecular weight excluding hydrogens is 296 g/mol. The molecule has 0 bridgehead atoms. The highest BCUT2D eigenvalue weighted by Gasteiger charge is 2.31. The molecule has 8 heteroatoms. The first-order valence-corrected chi connectivity index (χ1v) is 8.30. The summed E-state index contributed by atoms with van der Waals surface area (Å²) >= 11 is 0. The van der Waals surface area contributed by atoms with Crippen LogP contribution < -0.4 is 0 Å². The van der Waals surface area contributed by atoms with Crippen LogP contribution in [0.15, 0.2) is 21.6 Å². The SMILES string of the molecule is CC(C)CN1CCN(S(=O)(=O)c2ccc(C(=O)O)o2)CC1. The molecule has 1 aromatic rings. The lowest BCUT2D eigenvalue weighted by Gasteiger charge is -2.34. The van der Waals surface area contributed by atoms with Crippen molar-refractivity contribution in [2.75, 3.05) is 32.7 Å². The highest BCUT2D eigenvalue weighted by molar-refractivity contribution is 7.89. The molecule has 21 heavy (non-hydrogen) atoms. The molecule has 0 saturated carbocycles. The molecule has 0 spiro atoms. The minimum atomic E-state index is -3.75. The fraction of sp³-hybridized carbons (Fsp3) is 0.615. The van der Waals surface area contributed by atoms with Gasteiger partial charge in [0.15, 0.2) is 0 Å². The quantitative estimate of drug-likeness (QED) is 0.869. The third kappa shape index (κ3) is 3.63. The van der Waals surface area contributed by atoms with Crippen molar-refractivity contribution in [3.8, 4) is 0 Å². The van der Waals surface area contributed by atoms with Gasteiger partial charge in [0.1, 0.15) is 0 Å². The lowest BCUT2D eigenvalue weighted by atomic mass is 10.2. The number of carbonyl (C=O) groups is 1. The van der Waals surface area contributed by atoms with E-state index in [-0.39, 0.29) is 10.9 Å². The lowest BCUT2D eigenvalue weighted by molar-refractivity contribution is 0.0656. The Bertz CT molecular complexity index is 600. The summed E-state index contributed by atoms with van der Waals surface area (Å²) in [6.45, 7) is 7.31. The second kappa shape index (κ2) is 6.17. The van der Waals surface area contributed by atoms with Gasteiger partial charge in [-0.25, -0.2) is 13.2 Å². The highest BCUT2D eigenvalue weighted by Crippen LogP contribution is 2.20.